The zero-order chi connectivity index (χ0) is 23.9. The molecule has 2 amide bonds. The molecule has 32 heavy (non-hydrogen) atoms. The van der Waals surface area contributed by atoms with E-state index in [9.17, 15) is 37.7 Å². The fourth-order valence-electron chi connectivity index (χ4n) is 2.41. The SMILES string of the molecule is C[C@H](OC(=O)CCNC(=O)c1ccc([N+](=O)[O-])cc1)C(=O)Nc1ccc(C(F)(F)F)cc1. The minimum absolute atomic E-state index is 0.0984. The molecular formula is C20H18F3N3O6. The van der Waals surface area contributed by atoms with Crippen molar-refractivity contribution in [1.29, 1.82) is 0 Å². The van der Waals surface area contributed by atoms with E-state index in [2.05, 4.69) is 10.6 Å². The Morgan fingerprint density at radius 1 is 1.06 bits per heavy atom. The molecule has 0 aromatic heterocycles. The first-order chi connectivity index (χ1) is 15.0. The largest absolute Gasteiger partial charge is 0.452 e. The topological polar surface area (TPSA) is 128 Å². The molecule has 1 atom stereocenters. The van der Waals surface area contributed by atoms with Crippen LogP contribution in [0.25, 0.3) is 0 Å². The number of ether oxygens (including phenoxy) is 1. The number of halogens is 3. The lowest BCUT2D eigenvalue weighted by Gasteiger charge is -2.14. The molecule has 2 N–H and O–H groups in total. The number of rotatable bonds is 8. The molecule has 0 heterocycles. The fourth-order valence-corrected chi connectivity index (χ4v) is 2.41. The van der Waals surface area contributed by atoms with Crippen molar-refractivity contribution in [3.63, 3.8) is 0 Å². The molecule has 0 aliphatic rings. The van der Waals surface area contributed by atoms with E-state index in [0.29, 0.717) is 0 Å². The second-order valence-corrected chi connectivity index (χ2v) is 6.51. The molecule has 2 rings (SSSR count). The van der Waals surface area contributed by atoms with Crippen LogP contribution in [0.4, 0.5) is 24.5 Å². The van der Waals surface area contributed by atoms with Crippen LogP contribution >= 0.6 is 0 Å². The summed E-state index contributed by atoms with van der Waals surface area (Å²) in [6, 6.07) is 8.62. The van der Waals surface area contributed by atoms with Gasteiger partial charge in [-0.25, -0.2) is 0 Å². The van der Waals surface area contributed by atoms with Crippen LogP contribution in [0.5, 0.6) is 0 Å². The van der Waals surface area contributed by atoms with Crippen LogP contribution in [0.1, 0.15) is 29.3 Å². The molecular weight excluding hydrogens is 435 g/mol. The van der Waals surface area contributed by atoms with Crippen LogP contribution in [0.3, 0.4) is 0 Å². The molecule has 0 fully saturated rings. The first-order valence-corrected chi connectivity index (χ1v) is 9.17. The smallest absolute Gasteiger partial charge is 0.416 e. The zero-order valence-electron chi connectivity index (χ0n) is 16.6. The van der Waals surface area contributed by atoms with Crippen molar-refractivity contribution >= 4 is 29.2 Å². The predicted octanol–water partition coefficient (Wildman–Crippen LogP) is 3.30. The number of nitro groups is 1. The zero-order valence-corrected chi connectivity index (χ0v) is 16.6. The van der Waals surface area contributed by atoms with Crippen molar-refractivity contribution in [2.24, 2.45) is 0 Å². The van der Waals surface area contributed by atoms with Gasteiger partial charge in [-0.3, -0.25) is 24.5 Å². The van der Waals surface area contributed by atoms with Gasteiger partial charge in [-0.1, -0.05) is 0 Å². The normalized spacial score (nSPS) is 11.9. The summed E-state index contributed by atoms with van der Waals surface area (Å²) in [5.41, 5.74) is -0.783. The molecule has 0 saturated heterocycles. The summed E-state index contributed by atoms with van der Waals surface area (Å²) in [4.78, 5) is 45.8. The van der Waals surface area contributed by atoms with Gasteiger partial charge in [0.15, 0.2) is 6.10 Å². The number of carbonyl (C=O) groups excluding carboxylic acids is 3. The number of carbonyl (C=O) groups is 3. The summed E-state index contributed by atoms with van der Waals surface area (Å²) in [6.45, 7) is 1.18. The number of esters is 1. The Bertz CT molecular complexity index is 991. The number of nitro benzene ring substituents is 1. The van der Waals surface area contributed by atoms with Gasteiger partial charge in [0.25, 0.3) is 17.5 Å². The number of amides is 2. The summed E-state index contributed by atoms with van der Waals surface area (Å²) in [5.74, 6) is -2.09. The highest BCUT2D eigenvalue weighted by atomic mass is 19.4. The van der Waals surface area contributed by atoms with Gasteiger partial charge in [0.2, 0.25) is 0 Å². The third-order valence-corrected chi connectivity index (χ3v) is 4.11. The Morgan fingerprint density at radius 3 is 2.19 bits per heavy atom. The third kappa shape index (κ3) is 7.07. The maximum atomic E-state index is 12.6. The summed E-state index contributed by atoms with van der Waals surface area (Å²) in [7, 11) is 0. The Labute approximate surface area is 179 Å². The van der Waals surface area contributed by atoms with Crippen LogP contribution in [-0.2, 0) is 20.5 Å². The van der Waals surface area contributed by atoms with Crippen molar-refractivity contribution in [3.05, 3.63) is 69.8 Å². The highest BCUT2D eigenvalue weighted by Gasteiger charge is 2.30. The Morgan fingerprint density at radius 2 is 1.66 bits per heavy atom. The van der Waals surface area contributed by atoms with Crippen molar-refractivity contribution < 1.29 is 37.2 Å². The van der Waals surface area contributed by atoms with Crippen molar-refractivity contribution in [2.45, 2.75) is 25.6 Å². The first kappa shape index (κ1) is 24.3. The van der Waals surface area contributed by atoms with E-state index in [4.69, 9.17) is 4.74 Å². The van der Waals surface area contributed by atoms with Gasteiger partial charge >= 0.3 is 12.1 Å². The van der Waals surface area contributed by atoms with Crippen LogP contribution in [0, 0.1) is 10.1 Å². The number of anilines is 1. The fraction of sp³-hybridized carbons (Fsp3) is 0.250. The molecule has 0 radical (unpaired) electrons. The van der Waals surface area contributed by atoms with Crippen molar-refractivity contribution in [3.8, 4) is 0 Å². The molecule has 0 bridgehead atoms. The second kappa shape index (κ2) is 10.4. The number of nitrogens with zero attached hydrogens (tertiary/aromatic N) is 1. The molecule has 170 valence electrons. The van der Waals surface area contributed by atoms with E-state index in [-0.39, 0.29) is 29.9 Å². The lowest BCUT2D eigenvalue weighted by Crippen LogP contribution is -2.32. The molecule has 0 aliphatic heterocycles. The Balaban J connectivity index is 1.76. The Hall–Kier alpha value is -3.96. The van der Waals surface area contributed by atoms with E-state index < -0.39 is 40.6 Å². The van der Waals surface area contributed by atoms with E-state index in [1.54, 1.807) is 0 Å². The minimum atomic E-state index is -4.50. The van der Waals surface area contributed by atoms with Gasteiger partial charge in [0, 0.05) is 29.9 Å². The van der Waals surface area contributed by atoms with Crippen LogP contribution in [-0.4, -0.2) is 35.4 Å². The van der Waals surface area contributed by atoms with E-state index in [1.165, 1.54) is 31.2 Å². The second-order valence-electron chi connectivity index (χ2n) is 6.51. The number of non-ortho nitro benzene ring substituents is 1. The standard InChI is InChI=1S/C20H18F3N3O6/c1-12(18(28)25-15-6-4-14(5-7-15)20(21,22)23)32-17(27)10-11-24-19(29)13-2-8-16(9-3-13)26(30)31/h2-9,12H,10-11H2,1H3,(H,24,29)(H,25,28)/t12-/m0/s1. The average molecular weight is 453 g/mol. The third-order valence-electron chi connectivity index (χ3n) is 4.11. The van der Waals surface area contributed by atoms with E-state index in [1.807, 2.05) is 0 Å². The summed E-state index contributed by atoms with van der Waals surface area (Å²) in [5, 5.41) is 15.4. The molecule has 9 nitrogen and oxygen atoms in total. The molecule has 2 aromatic rings. The maximum absolute atomic E-state index is 12.6. The molecule has 12 heteroatoms. The van der Waals surface area contributed by atoms with Crippen molar-refractivity contribution in [1.82, 2.24) is 5.32 Å². The number of hydrogen-bond donors (Lipinski definition) is 2. The monoisotopic (exact) mass is 453 g/mol. The highest BCUT2D eigenvalue weighted by molar-refractivity contribution is 5.95. The lowest BCUT2D eigenvalue weighted by atomic mass is 10.2. The predicted molar refractivity (Wildman–Crippen MR) is 106 cm³/mol. The number of benzene rings is 2. The first-order valence-electron chi connectivity index (χ1n) is 9.17. The van der Waals surface area contributed by atoms with Crippen molar-refractivity contribution in [2.75, 3.05) is 11.9 Å². The number of nitrogens with one attached hydrogen (secondary N) is 2. The summed E-state index contributed by atoms with van der Waals surface area (Å²) >= 11 is 0. The van der Waals surface area contributed by atoms with E-state index >= 15 is 0 Å². The van der Waals surface area contributed by atoms with Gasteiger partial charge in [0.1, 0.15) is 0 Å². The van der Waals surface area contributed by atoms with Gasteiger partial charge in [0.05, 0.1) is 16.9 Å². The molecule has 0 saturated carbocycles. The van der Waals surface area contributed by atoms with Crippen LogP contribution in [0.2, 0.25) is 0 Å². The lowest BCUT2D eigenvalue weighted by molar-refractivity contribution is -0.384. The summed E-state index contributed by atoms with van der Waals surface area (Å²) in [6.07, 6.45) is -5.98. The minimum Gasteiger partial charge on any atom is -0.452 e. The average Bonchev–Trinajstić information content (AvgIpc) is 2.73. The van der Waals surface area contributed by atoms with Gasteiger partial charge in [-0.05, 0) is 43.3 Å². The quantitative estimate of drug-likeness (QED) is 0.359. The molecule has 0 unspecified atom stereocenters. The molecule has 0 spiro atoms. The van der Waals surface area contributed by atoms with Gasteiger partial charge < -0.3 is 15.4 Å². The maximum Gasteiger partial charge on any atom is 0.416 e. The van der Waals surface area contributed by atoms with Crippen LogP contribution in [0.15, 0.2) is 48.5 Å². The number of alkyl halides is 3. The van der Waals surface area contributed by atoms with Gasteiger partial charge in [-0.2, -0.15) is 13.2 Å². The Kier molecular flexibility index (Phi) is 7.88. The van der Waals surface area contributed by atoms with Gasteiger partial charge in [-0.15, -0.1) is 0 Å². The molecule has 2 aromatic carbocycles. The van der Waals surface area contributed by atoms with E-state index in [0.717, 1.165) is 24.3 Å². The molecule has 0 aliphatic carbocycles. The van der Waals surface area contributed by atoms with Crippen LogP contribution < -0.4 is 10.6 Å². The highest BCUT2D eigenvalue weighted by Crippen LogP contribution is 2.29. The number of hydrogen-bond acceptors (Lipinski definition) is 6. The summed E-state index contributed by atoms with van der Waals surface area (Å²) < 4.78 is 42.6.